The van der Waals surface area contributed by atoms with Crippen molar-refractivity contribution >= 4 is 23.8 Å². The van der Waals surface area contributed by atoms with Crippen LogP contribution in [0.4, 0.5) is 4.79 Å². The second-order valence-electron chi connectivity index (χ2n) is 6.55. The first-order chi connectivity index (χ1) is 11.5. The highest BCUT2D eigenvalue weighted by Crippen LogP contribution is 2.36. The molecule has 1 aromatic carbocycles. The van der Waals surface area contributed by atoms with Gasteiger partial charge in [0.05, 0.1) is 0 Å². The summed E-state index contributed by atoms with van der Waals surface area (Å²) in [5, 5.41) is 14.8. The summed E-state index contributed by atoms with van der Waals surface area (Å²) in [6, 6.07) is 9.41. The van der Waals surface area contributed by atoms with Crippen LogP contribution in [0.3, 0.4) is 0 Å². The molecular weight excluding hydrogens is 324 g/mol. The second kappa shape index (κ2) is 8.97. The molecule has 1 saturated heterocycles. The van der Waals surface area contributed by atoms with Crippen molar-refractivity contribution in [1.29, 1.82) is 0 Å². The van der Waals surface area contributed by atoms with E-state index in [0.29, 0.717) is 19.4 Å². The molecule has 132 valence electrons. The van der Waals surface area contributed by atoms with E-state index >= 15 is 0 Å². The Labute approximate surface area is 147 Å². The van der Waals surface area contributed by atoms with Crippen LogP contribution in [-0.4, -0.2) is 40.2 Å². The third kappa shape index (κ3) is 6.43. The number of nitrogens with one attached hydrogen (secondary N) is 2. The number of aliphatic carboxylic acids is 1. The highest BCUT2D eigenvalue weighted by atomic mass is 32.2. The van der Waals surface area contributed by atoms with Gasteiger partial charge in [0.1, 0.15) is 0 Å². The summed E-state index contributed by atoms with van der Waals surface area (Å²) in [4.78, 5) is 23.1. The zero-order valence-electron chi connectivity index (χ0n) is 14.1. The molecule has 3 N–H and O–H groups in total. The van der Waals surface area contributed by atoms with E-state index in [1.807, 2.05) is 42.1 Å². The molecule has 24 heavy (non-hydrogen) atoms. The van der Waals surface area contributed by atoms with E-state index in [2.05, 4.69) is 17.6 Å². The van der Waals surface area contributed by atoms with Crippen LogP contribution < -0.4 is 10.6 Å². The summed E-state index contributed by atoms with van der Waals surface area (Å²) < 4.78 is 0.118. The van der Waals surface area contributed by atoms with Crippen LogP contribution in [-0.2, 0) is 11.2 Å². The number of rotatable bonds is 8. The minimum absolute atomic E-state index is 0.0470. The Morgan fingerprint density at radius 3 is 2.71 bits per heavy atom. The molecule has 5 nitrogen and oxygen atoms in total. The Kier molecular flexibility index (Phi) is 6.97. The normalized spacial score (nSPS) is 21.2. The van der Waals surface area contributed by atoms with E-state index in [0.717, 1.165) is 17.7 Å². The van der Waals surface area contributed by atoms with Crippen LogP contribution in [0.15, 0.2) is 30.3 Å². The number of urea groups is 1. The average Bonchev–Trinajstić information content (AvgIpc) is 2.99. The highest BCUT2D eigenvalue weighted by molar-refractivity contribution is 8.00. The summed E-state index contributed by atoms with van der Waals surface area (Å²) in [6.07, 6.45) is 3.41. The van der Waals surface area contributed by atoms with Gasteiger partial charge in [0.15, 0.2) is 0 Å². The first-order valence-electron chi connectivity index (χ1n) is 8.41. The maximum absolute atomic E-state index is 12.2. The Bertz CT molecular complexity index is 544. The number of amides is 2. The predicted octanol–water partition coefficient (Wildman–Crippen LogP) is 3.05. The zero-order valence-corrected chi connectivity index (χ0v) is 14.9. The first kappa shape index (κ1) is 18.6. The van der Waals surface area contributed by atoms with Gasteiger partial charge in [-0.15, -0.1) is 0 Å². The van der Waals surface area contributed by atoms with Gasteiger partial charge in [-0.25, -0.2) is 4.79 Å². The first-order valence-corrected chi connectivity index (χ1v) is 9.39. The third-order valence-electron chi connectivity index (χ3n) is 4.29. The topological polar surface area (TPSA) is 78.4 Å². The molecule has 2 rings (SSSR count). The van der Waals surface area contributed by atoms with Crippen molar-refractivity contribution in [3.8, 4) is 0 Å². The molecule has 0 spiro atoms. The van der Waals surface area contributed by atoms with Gasteiger partial charge in [-0.2, -0.15) is 11.8 Å². The van der Waals surface area contributed by atoms with Gasteiger partial charge in [0.25, 0.3) is 0 Å². The number of hydrogen-bond donors (Lipinski definition) is 3. The van der Waals surface area contributed by atoms with E-state index in [-0.39, 0.29) is 23.2 Å². The second-order valence-corrected chi connectivity index (χ2v) is 8.23. The van der Waals surface area contributed by atoms with Crippen molar-refractivity contribution in [2.75, 3.05) is 12.3 Å². The van der Waals surface area contributed by atoms with Gasteiger partial charge >= 0.3 is 12.0 Å². The van der Waals surface area contributed by atoms with Crippen molar-refractivity contribution in [2.24, 2.45) is 0 Å². The quantitative estimate of drug-likeness (QED) is 0.673. The van der Waals surface area contributed by atoms with Crippen LogP contribution in [0.1, 0.15) is 38.2 Å². The molecule has 1 fully saturated rings. The van der Waals surface area contributed by atoms with Gasteiger partial charge in [-0.05, 0) is 43.9 Å². The molecule has 1 aromatic rings. The SMILES string of the molecule is CC1(CNC(=O)NC(CCC(=O)O)Cc2ccccc2)CCCS1. The van der Waals surface area contributed by atoms with Crippen LogP contribution in [0.5, 0.6) is 0 Å². The molecule has 1 aliphatic rings. The van der Waals surface area contributed by atoms with Crippen molar-refractivity contribution in [1.82, 2.24) is 10.6 Å². The Morgan fingerprint density at radius 2 is 2.08 bits per heavy atom. The molecule has 2 unspecified atom stereocenters. The summed E-state index contributed by atoms with van der Waals surface area (Å²) in [6.45, 7) is 2.82. The number of thioether (sulfide) groups is 1. The lowest BCUT2D eigenvalue weighted by molar-refractivity contribution is -0.137. The highest BCUT2D eigenvalue weighted by Gasteiger charge is 2.29. The molecule has 0 radical (unpaired) electrons. The van der Waals surface area contributed by atoms with Crippen LogP contribution >= 0.6 is 11.8 Å². The summed E-state index contributed by atoms with van der Waals surface area (Å²) in [5.74, 6) is 0.305. The largest absolute Gasteiger partial charge is 0.481 e. The number of carboxylic acids is 1. The molecule has 0 saturated carbocycles. The lowest BCUT2D eigenvalue weighted by Gasteiger charge is -2.24. The number of carboxylic acid groups (broad SMARTS) is 1. The molecule has 2 amide bonds. The van der Waals surface area contributed by atoms with Crippen molar-refractivity contribution < 1.29 is 14.7 Å². The van der Waals surface area contributed by atoms with Crippen LogP contribution in [0.2, 0.25) is 0 Å². The Hall–Kier alpha value is -1.69. The standard InChI is InChI=1S/C18H26N2O3S/c1-18(10-5-11-24-18)13-19-17(23)20-15(8-9-16(21)22)12-14-6-3-2-4-7-14/h2-4,6-7,15H,5,8-13H2,1H3,(H,21,22)(H2,19,20,23). The predicted molar refractivity (Wildman–Crippen MR) is 97.4 cm³/mol. The monoisotopic (exact) mass is 350 g/mol. The molecule has 0 bridgehead atoms. The van der Waals surface area contributed by atoms with Gasteiger partial charge in [-0.1, -0.05) is 30.3 Å². The van der Waals surface area contributed by atoms with Crippen LogP contribution in [0.25, 0.3) is 0 Å². The van der Waals surface area contributed by atoms with Gasteiger partial charge in [-0.3, -0.25) is 4.79 Å². The van der Waals surface area contributed by atoms with Crippen molar-refractivity contribution in [3.05, 3.63) is 35.9 Å². The molecule has 0 aromatic heterocycles. The van der Waals surface area contributed by atoms with E-state index in [9.17, 15) is 9.59 Å². The average molecular weight is 350 g/mol. The summed E-state index contributed by atoms with van der Waals surface area (Å²) >= 11 is 1.90. The fourth-order valence-corrected chi connectivity index (χ4v) is 4.15. The molecular formula is C18H26N2O3S. The van der Waals surface area contributed by atoms with E-state index in [4.69, 9.17) is 5.11 Å². The maximum atomic E-state index is 12.2. The van der Waals surface area contributed by atoms with Crippen molar-refractivity contribution in [2.45, 2.75) is 49.8 Å². The van der Waals surface area contributed by atoms with Gasteiger partial charge < -0.3 is 15.7 Å². The van der Waals surface area contributed by atoms with Crippen LogP contribution in [0, 0.1) is 0 Å². The Morgan fingerprint density at radius 1 is 1.33 bits per heavy atom. The lowest BCUT2D eigenvalue weighted by atomic mass is 10.0. The maximum Gasteiger partial charge on any atom is 0.315 e. The van der Waals surface area contributed by atoms with Crippen molar-refractivity contribution in [3.63, 3.8) is 0 Å². The molecule has 6 heteroatoms. The number of carbonyl (C=O) groups is 2. The van der Waals surface area contributed by atoms with Gasteiger partial charge in [0, 0.05) is 23.8 Å². The number of hydrogen-bond acceptors (Lipinski definition) is 3. The smallest absolute Gasteiger partial charge is 0.315 e. The zero-order chi connectivity index (χ0) is 17.4. The third-order valence-corrected chi connectivity index (χ3v) is 5.83. The lowest BCUT2D eigenvalue weighted by Crippen LogP contribution is -2.47. The molecule has 0 aliphatic carbocycles. The summed E-state index contributed by atoms with van der Waals surface area (Å²) in [5.41, 5.74) is 1.09. The molecule has 1 aliphatic heterocycles. The van der Waals surface area contributed by atoms with E-state index in [1.54, 1.807) is 0 Å². The van der Waals surface area contributed by atoms with E-state index < -0.39 is 5.97 Å². The fourth-order valence-electron chi connectivity index (χ4n) is 2.90. The number of carbonyl (C=O) groups excluding carboxylic acids is 1. The summed E-state index contributed by atoms with van der Waals surface area (Å²) in [7, 11) is 0. The van der Waals surface area contributed by atoms with E-state index in [1.165, 1.54) is 6.42 Å². The fraction of sp³-hybridized carbons (Fsp3) is 0.556. The minimum Gasteiger partial charge on any atom is -0.481 e. The molecule has 2 atom stereocenters. The van der Waals surface area contributed by atoms with Gasteiger partial charge in [0.2, 0.25) is 0 Å². The minimum atomic E-state index is -0.842. The number of benzene rings is 1. The Balaban J connectivity index is 1.86. The molecule has 1 heterocycles.